The van der Waals surface area contributed by atoms with E-state index in [1.165, 1.54) is 25.0 Å². The van der Waals surface area contributed by atoms with Crippen molar-refractivity contribution in [3.63, 3.8) is 0 Å². The van der Waals surface area contributed by atoms with Crippen molar-refractivity contribution in [2.45, 2.75) is 30.7 Å². The van der Waals surface area contributed by atoms with E-state index in [9.17, 15) is 13.2 Å². The highest BCUT2D eigenvalue weighted by molar-refractivity contribution is 7.90. The van der Waals surface area contributed by atoms with Gasteiger partial charge in [-0.3, -0.25) is 4.79 Å². The lowest BCUT2D eigenvalue weighted by Gasteiger charge is -2.25. The second-order valence-electron chi connectivity index (χ2n) is 5.29. The largest absolute Gasteiger partial charge is 0.339 e. The van der Waals surface area contributed by atoms with E-state index >= 15 is 0 Å². The highest BCUT2D eigenvalue weighted by Gasteiger charge is 2.32. The Balaban J connectivity index is 2.23. The molecule has 1 aliphatic carbocycles. The molecule has 104 valence electrons. The van der Waals surface area contributed by atoms with Crippen LogP contribution in [0.2, 0.25) is 0 Å². The Morgan fingerprint density at radius 2 is 2.00 bits per heavy atom. The van der Waals surface area contributed by atoms with Crippen molar-refractivity contribution in [1.29, 1.82) is 0 Å². The average molecular weight is 281 g/mol. The Morgan fingerprint density at radius 3 is 2.53 bits per heavy atom. The van der Waals surface area contributed by atoms with Crippen LogP contribution >= 0.6 is 0 Å². The van der Waals surface area contributed by atoms with Crippen molar-refractivity contribution in [2.24, 2.45) is 5.92 Å². The first-order valence-electron chi connectivity index (χ1n) is 6.38. The molecular formula is C14H19NO3S. The summed E-state index contributed by atoms with van der Waals surface area (Å²) >= 11 is 0. The standard InChI is InChI=1S/C14H19NO3S/c1-10(11-7-8-11)15(2)14(16)12-5-4-6-13(9-12)19(3,17)18/h4-6,9-11H,7-8H2,1-3H3. The van der Waals surface area contributed by atoms with Gasteiger partial charge in [-0.15, -0.1) is 0 Å². The summed E-state index contributed by atoms with van der Waals surface area (Å²) < 4.78 is 23.0. The number of carbonyl (C=O) groups is 1. The molecule has 0 aliphatic heterocycles. The summed E-state index contributed by atoms with van der Waals surface area (Å²) in [6, 6.07) is 6.44. The average Bonchev–Trinajstić information content (AvgIpc) is 3.19. The first kappa shape index (κ1) is 14.1. The number of benzene rings is 1. The Bertz CT molecular complexity index is 590. The van der Waals surface area contributed by atoms with Gasteiger partial charge in [-0.05, 0) is 43.9 Å². The molecule has 19 heavy (non-hydrogen) atoms. The fourth-order valence-corrected chi connectivity index (χ4v) is 2.81. The predicted octanol–water partition coefficient (Wildman–Crippen LogP) is 1.96. The van der Waals surface area contributed by atoms with Crippen LogP contribution in [0.5, 0.6) is 0 Å². The smallest absolute Gasteiger partial charge is 0.253 e. The lowest BCUT2D eigenvalue weighted by Crippen LogP contribution is -2.36. The molecule has 1 aromatic carbocycles. The zero-order chi connectivity index (χ0) is 14.2. The topological polar surface area (TPSA) is 54.5 Å². The molecule has 0 aromatic heterocycles. The van der Waals surface area contributed by atoms with Gasteiger partial charge in [0.15, 0.2) is 9.84 Å². The molecule has 4 nitrogen and oxygen atoms in total. The van der Waals surface area contributed by atoms with Crippen LogP contribution in [0.1, 0.15) is 30.1 Å². The number of sulfone groups is 1. The van der Waals surface area contributed by atoms with E-state index in [4.69, 9.17) is 0 Å². The van der Waals surface area contributed by atoms with Crippen LogP contribution in [-0.4, -0.2) is 38.6 Å². The van der Waals surface area contributed by atoms with E-state index in [2.05, 4.69) is 0 Å². The minimum absolute atomic E-state index is 0.120. The van der Waals surface area contributed by atoms with Crippen molar-refractivity contribution in [3.05, 3.63) is 29.8 Å². The number of nitrogens with zero attached hydrogens (tertiary/aromatic N) is 1. The molecule has 0 N–H and O–H groups in total. The van der Waals surface area contributed by atoms with Gasteiger partial charge in [0.25, 0.3) is 5.91 Å². The summed E-state index contributed by atoms with van der Waals surface area (Å²) in [6.07, 6.45) is 3.48. The fourth-order valence-electron chi connectivity index (χ4n) is 2.14. The van der Waals surface area contributed by atoms with Crippen LogP contribution < -0.4 is 0 Å². The first-order chi connectivity index (χ1) is 8.80. The van der Waals surface area contributed by atoms with Gasteiger partial charge in [0, 0.05) is 24.9 Å². The number of amides is 1. The van der Waals surface area contributed by atoms with Crippen molar-refractivity contribution in [3.8, 4) is 0 Å². The van der Waals surface area contributed by atoms with Crippen LogP contribution in [0.3, 0.4) is 0 Å². The molecule has 0 radical (unpaired) electrons. The molecule has 1 unspecified atom stereocenters. The zero-order valence-corrected chi connectivity index (χ0v) is 12.3. The van der Waals surface area contributed by atoms with Crippen molar-refractivity contribution in [2.75, 3.05) is 13.3 Å². The summed E-state index contributed by atoms with van der Waals surface area (Å²) in [5.74, 6) is 0.469. The van der Waals surface area contributed by atoms with E-state index in [0.29, 0.717) is 11.5 Å². The maximum absolute atomic E-state index is 12.3. The summed E-state index contributed by atoms with van der Waals surface area (Å²) in [5, 5.41) is 0. The Kier molecular flexibility index (Phi) is 3.67. The maximum Gasteiger partial charge on any atom is 0.253 e. The van der Waals surface area contributed by atoms with Crippen LogP contribution in [0.4, 0.5) is 0 Å². The number of hydrogen-bond acceptors (Lipinski definition) is 3. The molecule has 0 bridgehead atoms. The highest BCUT2D eigenvalue weighted by atomic mass is 32.2. The van der Waals surface area contributed by atoms with Gasteiger partial charge >= 0.3 is 0 Å². The van der Waals surface area contributed by atoms with Gasteiger partial charge < -0.3 is 4.90 Å². The molecule has 0 saturated heterocycles. The molecule has 2 rings (SSSR count). The minimum Gasteiger partial charge on any atom is -0.339 e. The molecule has 1 amide bonds. The summed E-state index contributed by atoms with van der Waals surface area (Å²) in [4.78, 5) is 14.2. The molecule has 1 aromatic rings. The molecule has 1 aliphatic rings. The van der Waals surface area contributed by atoms with Crippen LogP contribution in [0.25, 0.3) is 0 Å². The number of rotatable bonds is 4. The van der Waals surface area contributed by atoms with Gasteiger partial charge in [-0.2, -0.15) is 0 Å². The lowest BCUT2D eigenvalue weighted by atomic mass is 10.1. The van der Waals surface area contributed by atoms with Crippen LogP contribution in [-0.2, 0) is 9.84 Å². The molecule has 0 spiro atoms. The molecule has 1 fully saturated rings. The quantitative estimate of drug-likeness (QED) is 0.847. The normalized spacial score (nSPS) is 17.0. The Hall–Kier alpha value is -1.36. The van der Waals surface area contributed by atoms with Gasteiger partial charge in [0.1, 0.15) is 0 Å². The van der Waals surface area contributed by atoms with Crippen molar-refractivity contribution >= 4 is 15.7 Å². The number of carbonyl (C=O) groups excluding carboxylic acids is 1. The predicted molar refractivity (Wildman–Crippen MR) is 73.8 cm³/mol. The van der Waals surface area contributed by atoms with Crippen LogP contribution in [0.15, 0.2) is 29.2 Å². The third-order valence-electron chi connectivity index (χ3n) is 3.74. The van der Waals surface area contributed by atoms with E-state index in [-0.39, 0.29) is 16.8 Å². The summed E-state index contributed by atoms with van der Waals surface area (Å²) in [5.41, 5.74) is 0.429. The molecular weight excluding hydrogens is 262 g/mol. The van der Waals surface area contributed by atoms with Crippen LogP contribution in [0, 0.1) is 5.92 Å². The molecule has 1 saturated carbocycles. The lowest BCUT2D eigenvalue weighted by molar-refractivity contribution is 0.0727. The zero-order valence-electron chi connectivity index (χ0n) is 11.5. The molecule has 1 atom stereocenters. The van der Waals surface area contributed by atoms with E-state index in [1.54, 1.807) is 24.1 Å². The second kappa shape index (κ2) is 4.96. The van der Waals surface area contributed by atoms with E-state index < -0.39 is 9.84 Å². The maximum atomic E-state index is 12.3. The molecule has 5 heteroatoms. The number of hydrogen-bond donors (Lipinski definition) is 0. The van der Waals surface area contributed by atoms with Crippen molar-refractivity contribution in [1.82, 2.24) is 4.90 Å². The van der Waals surface area contributed by atoms with Gasteiger partial charge in [0.05, 0.1) is 4.90 Å². The Labute approximate surface area is 114 Å². The van der Waals surface area contributed by atoms with Gasteiger partial charge in [-0.1, -0.05) is 6.07 Å². The first-order valence-corrected chi connectivity index (χ1v) is 8.27. The van der Waals surface area contributed by atoms with Gasteiger partial charge in [-0.25, -0.2) is 8.42 Å². The van der Waals surface area contributed by atoms with Crippen molar-refractivity contribution < 1.29 is 13.2 Å². The third kappa shape index (κ3) is 3.15. The minimum atomic E-state index is -3.28. The second-order valence-corrected chi connectivity index (χ2v) is 7.31. The van der Waals surface area contributed by atoms with E-state index in [0.717, 1.165) is 6.26 Å². The SMILES string of the molecule is CC(C1CC1)N(C)C(=O)c1cccc(S(C)(=O)=O)c1. The van der Waals surface area contributed by atoms with Gasteiger partial charge in [0.2, 0.25) is 0 Å². The monoisotopic (exact) mass is 281 g/mol. The summed E-state index contributed by atoms with van der Waals surface area (Å²) in [7, 11) is -1.50. The highest BCUT2D eigenvalue weighted by Crippen LogP contribution is 2.35. The summed E-state index contributed by atoms with van der Waals surface area (Å²) in [6.45, 7) is 2.04. The molecule has 0 heterocycles. The Morgan fingerprint density at radius 1 is 1.37 bits per heavy atom. The third-order valence-corrected chi connectivity index (χ3v) is 4.85. The fraction of sp³-hybridized carbons (Fsp3) is 0.500. The van der Waals surface area contributed by atoms with E-state index in [1.807, 2.05) is 6.92 Å².